The topological polar surface area (TPSA) is 43.8 Å². The molecule has 3 aromatic rings. The molecule has 0 aliphatic carbocycles. The van der Waals surface area contributed by atoms with E-state index in [2.05, 4.69) is 4.98 Å². The second kappa shape index (κ2) is 5.02. The summed E-state index contributed by atoms with van der Waals surface area (Å²) in [6.07, 6.45) is 0. The lowest BCUT2D eigenvalue weighted by atomic mass is 10.2. The molecule has 0 fully saturated rings. The van der Waals surface area contributed by atoms with Gasteiger partial charge in [-0.3, -0.25) is 0 Å². The standard InChI is InChI=1S/C15H13F2N3/c16-11-3-1-10(2-4-11)9-20-14-6-5-12(17)7-13(14)19-15(20)8-18/h1-7H,8-9,18H2. The van der Waals surface area contributed by atoms with Crippen LogP contribution < -0.4 is 5.73 Å². The van der Waals surface area contributed by atoms with E-state index in [9.17, 15) is 8.78 Å². The van der Waals surface area contributed by atoms with Gasteiger partial charge in [0, 0.05) is 12.6 Å². The van der Waals surface area contributed by atoms with Gasteiger partial charge in [0.2, 0.25) is 0 Å². The molecule has 5 heteroatoms. The SMILES string of the molecule is NCc1nc2cc(F)ccc2n1Cc1ccc(F)cc1. The third-order valence-electron chi connectivity index (χ3n) is 3.23. The van der Waals surface area contributed by atoms with Crippen LogP contribution in [0, 0.1) is 11.6 Å². The number of nitrogens with zero attached hydrogens (tertiary/aromatic N) is 2. The van der Waals surface area contributed by atoms with E-state index in [0.29, 0.717) is 17.9 Å². The highest BCUT2D eigenvalue weighted by Crippen LogP contribution is 2.19. The lowest BCUT2D eigenvalue weighted by Crippen LogP contribution is -2.09. The third-order valence-corrected chi connectivity index (χ3v) is 3.23. The average Bonchev–Trinajstić information content (AvgIpc) is 2.78. The average molecular weight is 273 g/mol. The van der Waals surface area contributed by atoms with E-state index >= 15 is 0 Å². The van der Waals surface area contributed by atoms with E-state index in [1.54, 1.807) is 18.2 Å². The van der Waals surface area contributed by atoms with Gasteiger partial charge in [0.25, 0.3) is 0 Å². The van der Waals surface area contributed by atoms with Gasteiger partial charge in [-0.05, 0) is 29.8 Å². The highest BCUT2D eigenvalue weighted by atomic mass is 19.1. The van der Waals surface area contributed by atoms with Gasteiger partial charge >= 0.3 is 0 Å². The summed E-state index contributed by atoms with van der Waals surface area (Å²) in [6, 6.07) is 10.7. The minimum absolute atomic E-state index is 0.261. The van der Waals surface area contributed by atoms with Gasteiger partial charge in [-0.1, -0.05) is 12.1 Å². The summed E-state index contributed by atoms with van der Waals surface area (Å²) in [5.41, 5.74) is 8.02. The molecule has 0 unspecified atom stereocenters. The van der Waals surface area contributed by atoms with Crippen LogP contribution in [0.2, 0.25) is 0 Å². The Morgan fingerprint density at radius 1 is 1.00 bits per heavy atom. The van der Waals surface area contributed by atoms with Gasteiger partial charge in [-0.15, -0.1) is 0 Å². The zero-order valence-corrected chi connectivity index (χ0v) is 10.7. The number of imidazole rings is 1. The highest BCUT2D eigenvalue weighted by molar-refractivity contribution is 5.76. The minimum atomic E-state index is -0.326. The van der Waals surface area contributed by atoms with Crippen molar-refractivity contribution in [2.24, 2.45) is 5.73 Å². The summed E-state index contributed by atoms with van der Waals surface area (Å²) in [5.74, 6) is 0.0767. The summed E-state index contributed by atoms with van der Waals surface area (Å²) >= 11 is 0. The smallest absolute Gasteiger partial charge is 0.125 e. The van der Waals surface area contributed by atoms with Crippen molar-refractivity contribution in [1.82, 2.24) is 9.55 Å². The van der Waals surface area contributed by atoms with Crippen molar-refractivity contribution in [3.8, 4) is 0 Å². The zero-order chi connectivity index (χ0) is 14.1. The third kappa shape index (κ3) is 2.28. The van der Waals surface area contributed by atoms with Gasteiger partial charge in [0.1, 0.15) is 17.5 Å². The number of hydrogen-bond acceptors (Lipinski definition) is 2. The number of nitrogens with two attached hydrogens (primary N) is 1. The largest absolute Gasteiger partial charge is 0.324 e. The van der Waals surface area contributed by atoms with Crippen LogP contribution >= 0.6 is 0 Å². The molecule has 102 valence electrons. The molecular formula is C15H13F2N3. The maximum absolute atomic E-state index is 13.2. The zero-order valence-electron chi connectivity index (χ0n) is 10.7. The van der Waals surface area contributed by atoms with E-state index in [4.69, 9.17) is 5.73 Å². The Balaban J connectivity index is 2.07. The number of halogens is 2. The fraction of sp³-hybridized carbons (Fsp3) is 0.133. The fourth-order valence-electron chi connectivity index (χ4n) is 2.26. The molecule has 1 aromatic heterocycles. The predicted molar refractivity (Wildman–Crippen MR) is 73.1 cm³/mol. The highest BCUT2D eigenvalue weighted by Gasteiger charge is 2.10. The van der Waals surface area contributed by atoms with E-state index in [-0.39, 0.29) is 18.2 Å². The van der Waals surface area contributed by atoms with Crippen LogP contribution in [0.15, 0.2) is 42.5 Å². The van der Waals surface area contributed by atoms with Crippen molar-refractivity contribution in [3.63, 3.8) is 0 Å². The molecule has 0 spiro atoms. The van der Waals surface area contributed by atoms with Crippen LogP contribution in [0.1, 0.15) is 11.4 Å². The van der Waals surface area contributed by atoms with Crippen LogP contribution in [0.4, 0.5) is 8.78 Å². The molecule has 20 heavy (non-hydrogen) atoms. The molecule has 0 saturated carbocycles. The molecule has 0 bridgehead atoms. The predicted octanol–water partition coefficient (Wildman–Crippen LogP) is 2.82. The second-order valence-electron chi connectivity index (χ2n) is 4.58. The Bertz CT molecular complexity index is 748. The van der Waals surface area contributed by atoms with Crippen LogP contribution in [0.25, 0.3) is 11.0 Å². The van der Waals surface area contributed by atoms with E-state index in [0.717, 1.165) is 11.1 Å². The number of rotatable bonds is 3. The Labute approximate surface area is 114 Å². The first kappa shape index (κ1) is 12.7. The quantitative estimate of drug-likeness (QED) is 0.797. The van der Waals surface area contributed by atoms with Crippen molar-refractivity contribution >= 4 is 11.0 Å². The molecule has 1 heterocycles. The van der Waals surface area contributed by atoms with Gasteiger partial charge < -0.3 is 10.3 Å². The lowest BCUT2D eigenvalue weighted by Gasteiger charge is -2.08. The normalized spacial score (nSPS) is 11.2. The van der Waals surface area contributed by atoms with E-state index < -0.39 is 0 Å². The van der Waals surface area contributed by atoms with Gasteiger partial charge in [-0.25, -0.2) is 13.8 Å². The summed E-state index contributed by atoms with van der Waals surface area (Å²) < 4.78 is 28.1. The van der Waals surface area contributed by atoms with E-state index in [1.807, 2.05) is 4.57 Å². The number of benzene rings is 2. The molecule has 3 nitrogen and oxygen atoms in total. The number of aromatic nitrogens is 2. The van der Waals surface area contributed by atoms with Crippen molar-refractivity contribution in [1.29, 1.82) is 0 Å². The second-order valence-corrected chi connectivity index (χ2v) is 4.58. The van der Waals surface area contributed by atoms with Gasteiger partial charge in [0.15, 0.2) is 0 Å². The summed E-state index contributed by atoms with van der Waals surface area (Å²) in [7, 11) is 0. The van der Waals surface area contributed by atoms with Crippen LogP contribution in [0.5, 0.6) is 0 Å². The maximum atomic E-state index is 13.2. The van der Waals surface area contributed by atoms with Gasteiger partial charge in [0.05, 0.1) is 17.6 Å². The summed E-state index contributed by atoms with van der Waals surface area (Å²) in [4.78, 5) is 4.33. The monoisotopic (exact) mass is 273 g/mol. The van der Waals surface area contributed by atoms with E-state index in [1.165, 1.54) is 24.3 Å². The van der Waals surface area contributed by atoms with Gasteiger partial charge in [-0.2, -0.15) is 0 Å². The lowest BCUT2D eigenvalue weighted by molar-refractivity contribution is 0.626. The molecule has 0 radical (unpaired) electrons. The summed E-state index contributed by atoms with van der Waals surface area (Å²) in [6.45, 7) is 0.784. The first-order chi connectivity index (χ1) is 9.67. The van der Waals surface area contributed by atoms with Crippen LogP contribution in [-0.2, 0) is 13.1 Å². The molecular weight excluding hydrogens is 260 g/mol. The van der Waals surface area contributed by atoms with Crippen molar-refractivity contribution in [2.45, 2.75) is 13.1 Å². The molecule has 0 saturated heterocycles. The molecule has 2 N–H and O–H groups in total. The Kier molecular flexibility index (Phi) is 3.20. The summed E-state index contributed by atoms with van der Waals surface area (Å²) in [5, 5.41) is 0. The molecule has 0 atom stereocenters. The molecule has 2 aromatic carbocycles. The van der Waals surface area contributed by atoms with Crippen molar-refractivity contribution in [3.05, 3.63) is 65.5 Å². The maximum Gasteiger partial charge on any atom is 0.125 e. The Morgan fingerprint density at radius 3 is 2.40 bits per heavy atom. The van der Waals surface area contributed by atoms with Crippen molar-refractivity contribution < 1.29 is 8.78 Å². The number of fused-ring (bicyclic) bond motifs is 1. The molecule has 3 rings (SSSR count). The van der Waals surface area contributed by atoms with Crippen LogP contribution in [0.3, 0.4) is 0 Å². The molecule has 0 aliphatic rings. The number of hydrogen-bond donors (Lipinski definition) is 1. The molecule has 0 aliphatic heterocycles. The first-order valence-corrected chi connectivity index (χ1v) is 6.26. The first-order valence-electron chi connectivity index (χ1n) is 6.26. The minimum Gasteiger partial charge on any atom is -0.324 e. The van der Waals surface area contributed by atoms with Crippen molar-refractivity contribution in [2.75, 3.05) is 0 Å². The fourth-order valence-corrected chi connectivity index (χ4v) is 2.26. The van der Waals surface area contributed by atoms with Crippen LogP contribution in [-0.4, -0.2) is 9.55 Å². The Hall–Kier alpha value is -2.27. The Morgan fingerprint density at radius 2 is 1.70 bits per heavy atom. The molecule has 0 amide bonds.